The van der Waals surface area contributed by atoms with Crippen molar-refractivity contribution in [2.75, 3.05) is 32.9 Å². The molecule has 1 aliphatic heterocycles. The van der Waals surface area contributed by atoms with Gasteiger partial charge in [0.2, 0.25) is 0 Å². The van der Waals surface area contributed by atoms with E-state index in [1.54, 1.807) is 6.20 Å². The molecular formula is C19H24N2O3. The van der Waals surface area contributed by atoms with E-state index in [1.165, 1.54) is 0 Å². The van der Waals surface area contributed by atoms with E-state index in [1.807, 2.05) is 35.2 Å². The van der Waals surface area contributed by atoms with Crippen LogP contribution >= 0.6 is 0 Å². The van der Waals surface area contributed by atoms with Crippen LogP contribution in [0, 0.1) is 11.8 Å². The van der Waals surface area contributed by atoms with Crippen LogP contribution < -0.4 is 4.74 Å². The normalized spacial score (nSPS) is 18.6. The summed E-state index contributed by atoms with van der Waals surface area (Å²) in [6, 6.07) is 9.62. The predicted molar refractivity (Wildman–Crippen MR) is 93.0 cm³/mol. The van der Waals surface area contributed by atoms with Crippen molar-refractivity contribution in [3.05, 3.63) is 36.5 Å². The number of rotatable bonds is 4. The van der Waals surface area contributed by atoms with Crippen LogP contribution in [0.3, 0.4) is 0 Å². The van der Waals surface area contributed by atoms with E-state index in [9.17, 15) is 4.79 Å². The second kappa shape index (κ2) is 7.62. The molecule has 5 nitrogen and oxygen atoms in total. The Kier molecular flexibility index (Phi) is 5.30. The molecule has 1 amide bonds. The second-order valence-corrected chi connectivity index (χ2v) is 6.54. The largest absolute Gasteiger partial charge is 0.481 e. The average molecular weight is 328 g/mol. The maximum Gasteiger partial charge on any atom is 0.260 e. The third kappa shape index (κ3) is 3.85. The number of nitrogens with zero attached hydrogens (tertiary/aromatic N) is 2. The zero-order valence-corrected chi connectivity index (χ0v) is 14.3. The summed E-state index contributed by atoms with van der Waals surface area (Å²) in [5, 5.41) is 1.01. The fourth-order valence-corrected chi connectivity index (χ4v) is 2.89. The van der Waals surface area contributed by atoms with Gasteiger partial charge in [-0.1, -0.05) is 32.0 Å². The number of carbonyl (C=O) groups excluding carboxylic acids is 1. The van der Waals surface area contributed by atoms with Crippen LogP contribution in [-0.2, 0) is 9.53 Å². The Labute approximate surface area is 142 Å². The molecule has 5 heteroatoms. The number of benzene rings is 1. The fraction of sp³-hybridized carbons (Fsp3) is 0.474. The Morgan fingerprint density at radius 1 is 1.38 bits per heavy atom. The number of hydrogen-bond donors (Lipinski definition) is 0. The first-order valence-electron chi connectivity index (χ1n) is 8.47. The zero-order chi connectivity index (χ0) is 16.9. The smallest absolute Gasteiger partial charge is 0.260 e. The number of aromatic nitrogens is 1. The highest BCUT2D eigenvalue weighted by molar-refractivity contribution is 5.85. The van der Waals surface area contributed by atoms with Gasteiger partial charge < -0.3 is 14.4 Å². The number of pyridine rings is 1. The average Bonchev–Trinajstić information content (AvgIpc) is 2.86. The summed E-state index contributed by atoms with van der Waals surface area (Å²) in [7, 11) is 0. The highest BCUT2D eigenvalue weighted by Crippen LogP contribution is 2.23. The molecule has 1 aromatic heterocycles. The lowest BCUT2D eigenvalue weighted by Crippen LogP contribution is -2.39. The monoisotopic (exact) mass is 328 g/mol. The Balaban J connectivity index is 1.66. The third-order valence-corrected chi connectivity index (χ3v) is 4.53. The first kappa shape index (κ1) is 16.7. The molecule has 3 rings (SSSR count). The van der Waals surface area contributed by atoms with Crippen molar-refractivity contribution in [1.29, 1.82) is 0 Å². The van der Waals surface area contributed by atoms with Crippen LogP contribution in [0.5, 0.6) is 5.75 Å². The molecule has 1 fully saturated rings. The summed E-state index contributed by atoms with van der Waals surface area (Å²) >= 11 is 0. The van der Waals surface area contributed by atoms with E-state index < -0.39 is 0 Å². The molecular weight excluding hydrogens is 304 g/mol. The lowest BCUT2D eigenvalue weighted by Gasteiger charge is -2.25. The Bertz CT molecular complexity index is 697. The minimum atomic E-state index is -0.000848. The Morgan fingerprint density at radius 3 is 3.04 bits per heavy atom. The first-order valence-corrected chi connectivity index (χ1v) is 8.47. The molecule has 1 aliphatic rings. The van der Waals surface area contributed by atoms with E-state index >= 15 is 0 Å². The molecule has 0 N–H and O–H groups in total. The van der Waals surface area contributed by atoms with E-state index in [4.69, 9.17) is 9.47 Å². The van der Waals surface area contributed by atoms with Crippen molar-refractivity contribution in [1.82, 2.24) is 9.88 Å². The van der Waals surface area contributed by atoms with Gasteiger partial charge in [0.1, 0.15) is 11.3 Å². The van der Waals surface area contributed by atoms with Gasteiger partial charge in [-0.3, -0.25) is 9.78 Å². The molecule has 0 spiro atoms. The minimum Gasteiger partial charge on any atom is -0.481 e. The lowest BCUT2D eigenvalue weighted by molar-refractivity contribution is -0.133. The van der Waals surface area contributed by atoms with Gasteiger partial charge in [-0.15, -0.1) is 0 Å². The molecule has 1 saturated heterocycles. The van der Waals surface area contributed by atoms with Crippen LogP contribution in [0.15, 0.2) is 36.5 Å². The number of hydrogen-bond acceptors (Lipinski definition) is 4. The third-order valence-electron chi connectivity index (χ3n) is 4.53. The molecule has 2 heterocycles. The summed E-state index contributed by atoms with van der Waals surface area (Å²) < 4.78 is 11.4. The van der Waals surface area contributed by atoms with Crippen molar-refractivity contribution >= 4 is 16.8 Å². The number of amides is 1. The Hall–Kier alpha value is -2.14. The standard InChI is InChI=1S/C19H24N2O3/c1-14(2)16-11-21(9-10-23-12-16)18(22)13-24-17-7-3-5-15-6-4-8-20-19(15)17/h3-8,14,16H,9-13H2,1-2H3. The topological polar surface area (TPSA) is 51.7 Å². The quantitative estimate of drug-likeness (QED) is 0.866. The van der Waals surface area contributed by atoms with Gasteiger partial charge >= 0.3 is 0 Å². The van der Waals surface area contributed by atoms with Crippen molar-refractivity contribution < 1.29 is 14.3 Å². The Morgan fingerprint density at radius 2 is 2.21 bits per heavy atom. The molecule has 0 radical (unpaired) electrons. The van der Waals surface area contributed by atoms with Gasteiger partial charge in [0.15, 0.2) is 6.61 Å². The molecule has 0 aliphatic carbocycles. The molecule has 2 aromatic rings. The van der Waals surface area contributed by atoms with Gasteiger partial charge in [0, 0.05) is 30.6 Å². The summed E-state index contributed by atoms with van der Waals surface area (Å²) in [4.78, 5) is 18.8. The molecule has 24 heavy (non-hydrogen) atoms. The number of para-hydroxylation sites is 1. The molecule has 128 valence electrons. The molecule has 0 bridgehead atoms. The van der Waals surface area contributed by atoms with Crippen LogP contribution in [0.2, 0.25) is 0 Å². The lowest BCUT2D eigenvalue weighted by atomic mass is 9.96. The van der Waals surface area contributed by atoms with Gasteiger partial charge in [-0.2, -0.15) is 0 Å². The van der Waals surface area contributed by atoms with Crippen molar-refractivity contribution in [3.63, 3.8) is 0 Å². The van der Waals surface area contributed by atoms with E-state index in [-0.39, 0.29) is 12.5 Å². The fourth-order valence-electron chi connectivity index (χ4n) is 2.89. The minimum absolute atomic E-state index is 0.000848. The SMILES string of the molecule is CC(C)C1COCCN(C(=O)COc2cccc3cccnc23)C1. The number of carbonyl (C=O) groups is 1. The van der Waals surface area contributed by atoms with E-state index in [0.29, 0.717) is 30.7 Å². The molecule has 1 aromatic carbocycles. The van der Waals surface area contributed by atoms with E-state index in [0.717, 1.165) is 24.1 Å². The van der Waals surface area contributed by atoms with Gasteiger partial charge in [-0.05, 0) is 18.1 Å². The maximum atomic E-state index is 12.6. The molecule has 1 atom stereocenters. The van der Waals surface area contributed by atoms with Gasteiger partial charge in [0.25, 0.3) is 5.91 Å². The van der Waals surface area contributed by atoms with Crippen molar-refractivity contribution in [3.8, 4) is 5.75 Å². The second-order valence-electron chi connectivity index (χ2n) is 6.54. The summed E-state index contributed by atoms with van der Waals surface area (Å²) in [6.45, 7) is 7.02. The van der Waals surface area contributed by atoms with Crippen LogP contribution in [-0.4, -0.2) is 48.7 Å². The van der Waals surface area contributed by atoms with Crippen LogP contribution in [0.4, 0.5) is 0 Å². The highest BCUT2D eigenvalue weighted by atomic mass is 16.5. The number of ether oxygens (including phenoxy) is 2. The van der Waals surface area contributed by atoms with Crippen molar-refractivity contribution in [2.45, 2.75) is 13.8 Å². The molecule has 0 saturated carbocycles. The maximum absolute atomic E-state index is 12.6. The van der Waals surface area contributed by atoms with Crippen LogP contribution in [0.25, 0.3) is 10.9 Å². The van der Waals surface area contributed by atoms with Crippen LogP contribution in [0.1, 0.15) is 13.8 Å². The number of fused-ring (bicyclic) bond motifs is 1. The summed E-state index contributed by atoms with van der Waals surface area (Å²) in [5.41, 5.74) is 0.784. The van der Waals surface area contributed by atoms with Gasteiger partial charge in [0.05, 0.1) is 13.2 Å². The first-order chi connectivity index (χ1) is 11.6. The predicted octanol–water partition coefficient (Wildman–Crippen LogP) is 2.74. The summed E-state index contributed by atoms with van der Waals surface area (Å²) in [5.74, 6) is 1.50. The van der Waals surface area contributed by atoms with Gasteiger partial charge in [-0.25, -0.2) is 0 Å². The highest BCUT2D eigenvalue weighted by Gasteiger charge is 2.24. The van der Waals surface area contributed by atoms with E-state index in [2.05, 4.69) is 18.8 Å². The molecule has 1 unspecified atom stereocenters. The summed E-state index contributed by atoms with van der Waals surface area (Å²) in [6.07, 6.45) is 1.73. The zero-order valence-electron chi connectivity index (χ0n) is 14.3. The van der Waals surface area contributed by atoms with Crippen molar-refractivity contribution in [2.24, 2.45) is 11.8 Å².